The van der Waals surface area contributed by atoms with E-state index in [0.29, 0.717) is 11.1 Å². The summed E-state index contributed by atoms with van der Waals surface area (Å²) in [6.07, 6.45) is 5.32. The number of ether oxygens (including phenoxy) is 1. The van der Waals surface area contributed by atoms with Crippen LogP contribution < -0.4 is 5.32 Å². The third-order valence-electron chi connectivity index (χ3n) is 4.98. The Kier molecular flexibility index (Phi) is 6.24. The fourth-order valence-corrected chi connectivity index (χ4v) is 3.51. The van der Waals surface area contributed by atoms with Crippen LogP contribution >= 0.6 is 0 Å². The number of hydrogen-bond acceptors (Lipinski definition) is 4. The van der Waals surface area contributed by atoms with E-state index in [1.54, 1.807) is 60.7 Å². The molecule has 0 heterocycles. The van der Waals surface area contributed by atoms with Gasteiger partial charge in [0.25, 0.3) is 5.91 Å². The molecule has 0 saturated heterocycles. The second-order valence-electron chi connectivity index (χ2n) is 6.92. The van der Waals surface area contributed by atoms with Gasteiger partial charge in [-0.25, -0.2) is 4.79 Å². The van der Waals surface area contributed by atoms with Crippen molar-refractivity contribution in [3.05, 3.63) is 71.8 Å². The lowest BCUT2D eigenvalue weighted by molar-refractivity contribution is -0.164. The molecule has 0 radical (unpaired) electrons. The van der Waals surface area contributed by atoms with Crippen molar-refractivity contribution in [1.82, 2.24) is 5.32 Å². The molecule has 2 aromatic rings. The highest BCUT2D eigenvalue weighted by molar-refractivity contribution is 5.88. The van der Waals surface area contributed by atoms with E-state index in [4.69, 9.17) is 4.74 Å². The highest BCUT2D eigenvalue weighted by Crippen LogP contribution is 2.31. The summed E-state index contributed by atoms with van der Waals surface area (Å²) in [5.74, 6) is -1.20. The van der Waals surface area contributed by atoms with Crippen molar-refractivity contribution in [2.45, 2.75) is 43.7 Å². The SMILES string of the molecule is O=C(COC(=O)C(O)(c1ccccc1)c1ccccc1)NC1CCCCC1. The maximum Gasteiger partial charge on any atom is 0.348 e. The first-order chi connectivity index (χ1) is 13.1. The lowest BCUT2D eigenvalue weighted by Gasteiger charge is -2.27. The Morgan fingerprint density at radius 1 is 0.926 bits per heavy atom. The third-order valence-corrected chi connectivity index (χ3v) is 4.98. The molecule has 142 valence electrons. The maximum atomic E-state index is 12.8. The summed E-state index contributed by atoms with van der Waals surface area (Å²) in [6, 6.07) is 17.4. The van der Waals surface area contributed by atoms with Crippen LogP contribution in [-0.2, 0) is 19.9 Å². The van der Waals surface area contributed by atoms with Gasteiger partial charge in [-0.2, -0.15) is 0 Å². The molecule has 2 aromatic carbocycles. The number of amides is 1. The number of carbonyl (C=O) groups is 2. The number of rotatable bonds is 6. The first kappa shape index (κ1) is 19.1. The van der Waals surface area contributed by atoms with Gasteiger partial charge in [0, 0.05) is 6.04 Å². The summed E-state index contributed by atoms with van der Waals surface area (Å²) >= 11 is 0. The van der Waals surface area contributed by atoms with Crippen molar-refractivity contribution in [2.24, 2.45) is 0 Å². The van der Waals surface area contributed by atoms with Crippen LogP contribution in [0, 0.1) is 0 Å². The maximum absolute atomic E-state index is 12.8. The Bertz CT molecular complexity index is 715. The van der Waals surface area contributed by atoms with E-state index in [2.05, 4.69) is 5.32 Å². The summed E-state index contributed by atoms with van der Waals surface area (Å²) < 4.78 is 5.22. The molecule has 0 aromatic heterocycles. The lowest BCUT2D eigenvalue weighted by atomic mass is 9.86. The predicted molar refractivity (Wildman–Crippen MR) is 102 cm³/mol. The van der Waals surface area contributed by atoms with E-state index in [-0.39, 0.29) is 11.9 Å². The molecule has 0 bridgehead atoms. The summed E-state index contributed by atoms with van der Waals surface area (Å²) in [7, 11) is 0. The molecular weight excluding hydrogens is 342 g/mol. The van der Waals surface area contributed by atoms with Gasteiger partial charge in [-0.1, -0.05) is 79.9 Å². The fraction of sp³-hybridized carbons (Fsp3) is 0.364. The number of nitrogens with one attached hydrogen (secondary N) is 1. The van der Waals surface area contributed by atoms with Crippen molar-refractivity contribution in [3.8, 4) is 0 Å². The largest absolute Gasteiger partial charge is 0.453 e. The highest BCUT2D eigenvalue weighted by Gasteiger charge is 2.41. The van der Waals surface area contributed by atoms with E-state index >= 15 is 0 Å². The molecule has 1 aliphatic rings. The molecule has 1 saturated carbocycles. The van der Waals surface area contributed by atoms with E-state index in [1.807, 2.05) is 0 Å². The molecule has 27 heavy (non-hydrogen) atoms. The molecule has 1 aliphatic carbocycles. The number of benzene rings is 2. The summed E-state index contributed by atoms with van der Waals surface area (Å²) in [5, 5.41) is 14.2. The molecule has 5 heteroatoms. The monoisotopic (exact) mass is 367 g/mol. The van der Waals surface area contributed by atoms with Crippen LogP contribution in [0.25, 0.3) is 0 Å². The number of hydrogen-bond donors (Lipinski definition) is 2. The lowest BCUT2D eigenvalue weighted by Crippen LogP contribution is -2.42. The summed E-state index contributed by atoms with van der Waals surface area (Å²) in [6.45, 7) is -0.405. The van der Waals surface area contributed by atoms with Gasteiger partial charge < -0.3 is 15.2 Å². The Morgan fingerprint density at radius 3 is 1.96 bits per heavy atom. The molecule has 5 nitrogen and oxygen atoms in total. The van der Waals surface area contributed by atoms with Gasteiger partial charge in [-0.15, -0.1) is 0 Å². The van der Waals surface area contributed by atoms with Crippen LogP contribution in [0.5, 0.6) is 0 Å². The standard InChI is InChI=1S/C22H25NO4/c24-20(23-19-14-8-3-9-15-19)16-27-21(25)22(26,17-10-4-1-5-11-17)18-12-6-2-7-13-18/h1-2,4-7,10-13,19,26H,3,8-9,14-16H2,(H,23,24). The quantitative estimate of drug-likeness (QED) is 0.770. The van der Waals surface area contributed by atoms with Gasteiger partial charge in [-0.05, 0) is 24.0 Å². The van der Waals surface area contributed by atoms with Crippen molar-refractivity contribution >= 4 is 11.9 Å². The molecule has 0 atom stereocenters. The van der Waals surface area contributed by atoms with Crippen molar-refractivity contribution < 1.29 is 19.4 Å². The van der Waals surface area contributed by atoms with E-state index in [9.17, 15) is 14.7 Å². The van der Waals surface area contributed by atoms with Gasteiger partial charge in [0.15, 0.2) is 6.61 Å². The number of carbonyl (C=O) groups excluding carboxylic acids is 2. The van der Waals surface area contributed by atoms with E-state index < -0.39 is 18.2 Å². The molecule has 0 aliphatic heterocycles. The summed E-state index contributed by atoms with van der Waals surface area (Å²) in [5.41, 5.74) is -1.17. The zero-order valence-electron chi connectivity index (χ0n) is 15.3. The smallest absolute Gasteiger partial charge is 0.348 e. The Hall–Kier alpha value is -2.66. The summed E-state index contributed by atoms with van der Waals surface area (Å²) in [4.78, 5) is 25.0. The minimum Gasteiger partial charge on any atom is -0.453 e. The zero-order chi connectivity index (χ0) is 19.1. The van der Waals surface area contributed by atoms with Crippen molar-refractivity contribution in [3.63, 3.8) is 0 Å². The van der Waals surface area contributed by atoms with Gasteiger partial charge in [0.2, 0.25) is 5.60 Å². The van der Waals surface area contributed by atoms with E-state index in [0.717, 1.165) is 25.7 Å². The predicted octanol–water partition coefficient (Wildman–Crippen LogP) is 2.91. The minimum atomic E-state index is -1.96. The second-order valence-corrected chi connectivity index (χ2v) is 6.92. The third kappa shape index (κ3) is 4.55. The van der Waals surface area contributed by atoms with Crippen LogP contribution in [0.2, 0.25) is 0 Å². The highest BCUT2D eigenvalue weighted by atomic mass is 16.6. The first-order valence-corrected chi connectivity index (χ1v) is 9.40. The Balaban J connectivity index is 1.71. The average molecular weight is 367 g/mol. The van der Waals surface area contributed by atoms with Crippen LogP contribution in [0.1, 0.15) is 43.2 Å². The molecule has 2 N–H and O–H groups in total. The Morgan fingerprint density at radius 2 is 1.44 bits per heavy atom. The van der Waals surface area contributed by atoms with Gasteiger partial charge in [0.05, 0.1) is 0 Å². The van der Waals surface area contributed by atoms with Crippen molar-refractivity contribution in [1.29, 1.82) is 0 Å². The second kappa shape index (κ2) is 8.82. The molecule has 3 rings (SSSR count). The topological polar surface area (TPSA) is 75.6 Å². The minimum absolute atomic E-state index is 0.145. The van der Waals surface area contributed by atoms with Gasteiger partial charge in [0.1, 0.15) is 0 Å². The first-order valence-electron chi connectivity index (χ1n) is 9.40. The molecule has 1 amide bonds. The molecule has 0 unspecified atom stereocenters. The normalized spacial score (nSPS) is 15.1. The molecular formula is C22H25NO4. The Labute approximate surface area is 159 Å². The van der Waals surface area contributed by atoms with Gasteiger partial charge >= 0.3 is 5.97 Å². The van der Waals surface area contributed by atoms with Gasteiger partial charge in [-0.3, -0.25) is 4.79 Å². The van der Waals surface area contributed by atoms with Crippen LogP contribution in [0.15, 0.2) is 60.7 Å². The average Bonchev–Trinajstić information content (AvgIpc) is 2.73. The van der Waals surface area contributed by atoms with Crippen LogP contribution in [0.4, 0.5) is 0 Å². The molecule has 0 spiro atoms. The fourth-order valence-electron chi connectivity index (χ4n) is 3.51. The van der Waals surface area contributed by atoms with Crippen LogP contribution in [-0.4, -0.2) is 29.6 Å². The van der Waals surface area contributed by atoms with Crippen molar-refractivity contribution in [2.75, 3.05) is 6.61 Å². The zero-order valence-corrected chi connectivity index (χ0v) is 15.3. The number of aliphatic hydroxyl groups is 1. The van der Waals surface area contributed by atoms with Crippen LogP contribution in [0.3, 0.4) is 0 Å². The molecule has 1 fully saturated rings. The number of esters is 1. The van der Waals surface area contributed by atoms with E-state index in [1.165, 1.54) is 6.42 Å².